The molecule has 4 rings (SSSR count). The summed E-state index contributed by atoms with van der Waals surface area (Å²) in [5, 5.41) is 0.594. The first-order chi connectivity index (χ1) is 12.6. The lowest BCUT2D eigenvalue weighted by atomic mass is 9.97. The van der Waals surface area contributed by atoms with Crippen LogP contribution in [0.2, 0.25) is 0 Å². The van der Waals surface area contributed by atoms with E-state index in [1.807, 2.05) is 24.3 Å². The Hall–Kier alpha value is -2.73. The average molecular weight is 351 g/mol. The van der Waals surface area contributed by atoms with E-state index in [1.165, 1.54) is 0 Å². The second-order valence-electron chi connectivity index (χ2n) is 6.74. The van der Waals surface area contributed by atoms with Crippen molar-refractivity contribution < 1.29 is 9.18 Å². The van der Waals surface area contributed by atoms with E-state index in [2.05, 4.69) is 20.9 Å². The van der Waals surface area contributed by atoms with E-state index < -0.39 is 12.1 Å². The zero-order chi connectivity index (χ0) is 18.1. The topological polar surface area (TPSA) is 75.0 Å². The minimum Gasteiger partial charge on any atom is -0.366 e. The molecule has 1 unspecified atom stereocenters. The fraction of sp³-hybridized carbons (Fsp3) is 0.300. The molecule has 0 saturated carbocycles. The second-order valence-corrected chi connectivity index (χ2v) is 6.74. The number of nitrogens with zero attached hydrogens (tertiary/aromatic N) is 2. The number of carbonyl (C=O) groups is 1. The summed E-state index contributed by atoms with van der Waals surface area (Å²) in [6.45, 7) is 2.07. The highest BCUT2D eigenvalue weighted by Gasteiger charge is 2.20. The van der Waals surface area contributed by atoms with Crippen LogP contribution in [0.15, 0.2) is 36.7 Å². The summed E-state index contributed by atoms with van der Waals surface area (Å²) < 4.78 is 13.6. The summed E-state index contributed by atoms with van der Waals surface area (Å²) in [4.78, 5) is 21.5. The fourth-order valence-corrected chi connectivity index (χ4v) is 3.65. The molecule has 0 aliphatic carbocycles. The smallest absolute Gasteiger partial charge is 0.250 e. The molecule has 0 bridgehead atoms. The molecule has 3 N–H and O–H groups in total. The van der Waals surface area contributed by atoms with Gasteiger partial charge in [0.15, 0.2) is 0 Å². The zero-order valence-corrected chi connectivity index (χ0v) is 14.3. The summed E-state index contributed by atoms with van der Waals surface area (Å²) in [5.74, 6) is -0.509. The van der Waals surface area contributed by atoms with Crippen molar-refractivity contribution in [1.82, 2.24) is 14.9 Å². The Morgan fingerprint density at radius 2 is 2.35 bits per heavy atom. The van der Waals surface area contributed by atoms with Crippen LogP contribution in [0.25, 0.3) is 22.2 Å². The molecule has 2 aromatic heterocycles. The lowest BCUT2D eigenvalue weighted by molar-refractivity contribution is 0.100. The molecule has 1 aromatic carbocycles. The number of H-pyrrole nitrogens is 1. The number of primary amides is 1. The molecule has 1 aliphatic heterocycles. The van der Waals surface area contributed by atoms with E-state index in [4.69, 9.17) is 5.73 Å². The van der Waals surface area contributed by atoms with Crippen LogP contribution in [0.5, 0.6) is 0 Å². The van der Waals surface area contributed by atoms with Crippen molar-refractivity contribution in [3.05, 3.63) is 53.9 Å². The van der Waals surface area contributed by atoms with Crippen LogP contribution in [0, 0.1) is 6.07 Å². The highest BCUT2D eigenvalue weighted by atomic mass is 19.1. The monoisotopic (exact) mass is 351 g/mol. The van der Waals surface area contributed by atoms with Gasteiger partial charge in [0.05, 0.1) is 5.56 Å². The molecule has 1 saturated heterocycles. The molecular weight excluding hydrogens is 331 g/mol. The number of piperidine rings is 1. The number of benzene rings is 1. The average Bonchev–Trinajstić information content (AvgIpc) is 3.09. The summed E-state index contributed by atoms with van der Waals surface area (Å²) in [6.07, 6.45) is 4.07. The van der Waals surface area contributed by atoms with Crippen molar-refractivity contribution in [2.24, 2.45) is 5.73 Å². The Morgan fingerprint density at radius 1 is 1.46 bits per heavy atom. The van der Waals surface area contributed by atoms with Gasteiger partial charge in [-0.25, -0.2) is 9.37 Å². The van der Waals surface area contributed by atoms with Crippen molar-refractivity contribution in [2.45, 2.75) is 25.6 Å². The first-order valence-corrected chi connectivity index (χ1v) is 8.75. The molecule has 133 valence electrons. The van der Waals surface area contributed by atoms with Gasteiger partial charge in [0.1, 0.15) is 11.8 Å². The first kappa shape index (κ1) is 16.7. The van der Waals surface area contributed by atoms with E-state index in [1.54, 1.807) is 12.4 Å². The minimum atomic E-state index is -0.746. The Balaban J connectivity index is 1.69. The van der Waals surface area contributed by atoms with Crippen LogP contribution in [-0.4, -0.2) is 40.0 Å². The molecule has 1 radical (unpaired) electrons. The van der Waals surface area contributed by atoms with Crippen LogP contribution in [0.1, 0.15) is 28.8 Å². The standard InChI is InChI=1S/C20H20FN4O/c21-15-5-2-8-25(12-15)11-13-3-1-4-14(9-13)17-10-24-20-16(6-7-23-20)18(17)19(22)26/h1,3-4,7,9-10,15H,2,5,8,11-12H2,(H2,22,26)(H,23,24). The Bertz CT molecular complexity index is 952. The third-order valence-corrected chi connectivity index (χ3v) is 4.84. The maximum atomic E-state index is 13.6. The minimum absolute atomic E-state index is 0.412. The lowest BCUT2D eigenvalue weighted by Gasteiger charge is -2.29. The van der Waals surface area contributed by atoms with Crippen molar-refractivity contribution in [3.63, 3.8) is 0 Å². The lowest BCUT2D eigenvalue weighted by Crippen LogP contribution is -2.35. The van der Waals surface area contributed by atoms with E-state index in [0.29, 0.717) is 41.7 Å². The number of hydrogen-bond donors (Lipinski definition) is 2. The van der Waals surface area contributed by atoms with Crippen molar-refractivity contribution in [1.29, 1.82) is 0 Å². The number of amides is 1. The molecule has 1 fully saturated rings. The van der Waals surface area contributed by atoms with E-state index >= 15 is 0 Å². The summed E-state index contributed by atoms with van der Waals surface area (Å²) in [7, 11) is 0. The number of alkyl halides is 1. The molecule has 1 aliphatic rings. The predicted octanol–water partition coefficient (Wildman–Crippen LogP) is 3.06. The van der Waals surface area contributed by atoms with Gasteiger partial charge in [0.25, 0.3) is 0 Å². The third-order valence-electron chi connectivity index (χ3n) is 4.84. The van der Waals surface area contributed by atoms with Crippen LogP contribution in [0.3, 0.4) is 0 Å². The number of nitrogens with one attached hydrogen (secondary N) is 1. The normalized spacial score (nSPS) is 18.3. The van der Waals surface area contributed by atoms with Gasteiger partial charge in [-0.1, -0.05) is 18.2 Å². The van der Waals surface area contributed by atoms with Gasteiger partial charge in [-0.05, 0) is 36.6 Å². The summed E-state index contributed by atoms with van der Waals surface area (Å²) in [5.41, 5.74) is 9.25. The van der Waals surface area contributed by atoms with E-state index in [9.17, 15) is 9.18 Å². The second kappa shape index (κ2) is 6.88. The van der Waals surface area contributed by atoms with Gasteiger partial charge in [-0.2, -0.15) is 0 Å². The zero-order valence-electron chi connectivity index (χ0n) is 14.3. The molecular formula is C20H20FN4O. The SMILES string of the molecule is NC(=O)c1c(-c2cccc(CN3CCCC(F)C3)c2)cnc2[nH]c[c]c12. The molecule has 26 heavy (non-hydrogen) atoms. The number of rotatable bonds is 4. The number of halogens is 1. The highest BCUT2D eigenvalue weighted by Crippen LogP contribution is 2.29. The third kappa shape index (κ3) is 3.20. The van der Waals surface area contributed by atoms with Crippen LogP contribution in [-0.2, 0) is 6.54 Å². The number of pyridine rings is 1. The number of fused-ring (bicyclic) bond motifs is 1. The molecule has 3 heterocycles. The number of nitrogens with two attached hydrogens (primary N) is 1. The molecule has 0 spiro atoms. The molecule has 1 atom stereocenters. The molecule has 3 aromatic rings. The van der Waals surface area contributed by atoms with Gasteiger partial charge in [-0.3, -0.25) is 9.69 Å². The largest absolute Gasteiger partial charge is 0.366 e. The Labute approximate surface area is 151 Å². The highest BCUT2D eigenvalue weighted by molar-refractivity contribution is 6.10. The number of aromatic nitrogens is 2. The predicted molar refractivity (Wildman–Crippen MR) is 98.3 cm³/mol. The van der Waals surface area contributed by atoms with Crippen molar-refractivity contribution >= 4 is 16.9 Å². The molecule has 1 amide bonds. The van der Waals surface area contributed by atoms with Gasteiger partial charge < -0.3 is 10.7 Å². The van der Waals surface area contributed by atoms with Gasteiger partial charge in [0, 0.05) is 42.5 Å². The number of likely N-dealkylation sites (tertiary alicyclic amines) is 1. The van der Waals surface area contributed by atoms with Crippen molar-refractivity contribution in [3.8, 4) is 11.1 Å². The number of hydrogen-bond acceptors (Lipinski definition) is 3. The Kier molecular flexibility index (Phi) is 4.42. The quantitative estimate of drug-likeness (QED) is 0.758. The van der Waals surface area contributed by atoms with Crippen molar-refractivity contribution in [2.75, 3.05) is 13.1 Å². The van der Waals surface area contributed by atoms with Crippen LogP contribution < -0.4 is 5.73 Å². The van der Waals surface area contributed by atoms with Crippen LogP contribution in [0.4, 0.5) is 4.39 Å². The number of aromatic amines is 1. The summed E-state index contributed by atoms with van der Waals surface area (Å²) in [6, 6.07) is 10.9. The van der Waals surface area contributed by atoms with Gasteiger partial charge >= 0.3 is 0 Å². The van der Waals surface area contributed by atoms with E-state index in [0.717, 1.165) is 24.1 Å². The van der Waals surface area contributed by atoms with Gasteiger partial charge in [-0.15, -0.1) is 0 Å². The molecule has 5 nitrogen and oxygen atoms in total. The maximum Gasteiger partial charge on any atom is 0.250 e. The maximum absolute atomic E-state index is 13.6. The first-order valence-electron chi connectivity index (χ1n) is 8.75. The number of carbonyl (C=O) groups excluding carboxylic acids is 1. The van der Waals surface area contributed by atoms with Crippen LogP contribution >= 0.6 is 0 Å². The van der Waals surface area contributed by atoms with Gasteiger partial charge in [0.2, 0.25) is 5.91 Å². The summed E-state index contributed by atoms with van der Waals surface area (Å²) >= 11 is 0. The molecule has 6 heteroatoms. The van der Waals surface area contributed by atoms with E-state index in [-0.39, 0.29) is 0 Å². The Morgan fingerprint density at radius 3 is 3.15 bits per heavy atom. The fourth-order valence-electron chi connectivity index (χ4n) is 3.65.